The quantitative estimate of drug-likeness (QED) is 0.118. The number of hydrogen-bond acceptors (Lipinski definition) is 3. The van der Waals surface area contributed by atoms with Gasteiger partial charge in [-0.25, -0.2) is 0 Å². The van der Waals surface area contributed by atoms with E-state index in [0.717, 1.165) is 69.6 Å². The van der Waals surface area contributed by atoms with Gasteiger partial charge in [0, 0.05) is 46.1 Å². The number of furan rings is 1. The summed E-state index contributed by atoms with van der Waals surface area (Å²) in [5, 5.41) is 3.03. The molecular weight excluding hydrogens is 877 g/mol. The van der Waals surface area contributed by atoms with E-state index in [0.29, 0.717) is 28.0 Å². The summed E-state index contributed by atoms with van der Waals surface area (Å²) in [4.78, 5) is 9.24. The minimum absolute atomic E-state index is 0. The minimum Gasteiger partial charge on any atom is -0.501 e. The maximum Gasteiger partial charge on any atom is 0.121 e. The number of hydrogen-bond donors (Lipinski definition) is 0. The normalized spacial score (nSPS) is 15.8. The van der Waals surface area contributed by atoms with Crippen molar-refractivity contribution in [2.75, 3.05) is 0 Å². The fourth-order valence-electron chi connectivity index (χ4n) is 7.35. The van der Waals surface area contributed by atoms with Crippen molar-refractivity contribution in [3.63, 3.8) is 0 Å². The molecule has 0 atom stereocenters. The standard InChI is InChI=1S/C27H22NO.C24H34NSi.Ir/c1-17(2)20-12-13-21-22-10-7-11-23(27(22)29-26(21)14-20)25-15-24(18(3)16-28-25)19-8-5-4-6-9-19;1-24(2,3)21-13-11-19(12-14-21)22-16-20(15-18-9-7-8-10-18)23(17-25-22)26(4,5)6;/h4-10,12-17H,1-3H3;11,13-14,16-18H,7-10,15H2,1-6H3;/q2*-1;/i3D3,17D;15D2;. The molecule has 1 saturated carbocycles. The van der Waals surface area contributed by atoms with E-state index in [1.807, 2.05) is 86.8 Å². The number of fused-ring (bicyclic) bond motifs is 3. The molecule has 3 nitrogen and oxygen atoms in total. The molecule has 8 rings (SSSR count). The number of aryl methyl sites for hydroxylation is 1. The summed E-state index contributed by atoms with van der Waals surface area (Å²) in [6.07, 6.45) is 6.36. The molecule has 0 saturated heterocycles. The Balaban J connectivity index is 0.000000207. The predicted molar refractivity (Wildman–Crippen MR) is 236 cm³/mol. The van der Waals surface area contributed by atoms with E-state index in [9.17, 15) is 0 Å². The summed E-state index contributed by atoms with van der Waals surface area (Å²) in [5.41, 5.74) is 9.08. The van der Waals surface area contributed by atoms with Crippen molar-refractivity contribution in [3.05, 3.63) is 138 Å². The minimum atomic E-state index is -2.29. The van der Waals surface area contributed by atoms with Crippen LogP contribution in [0.3, 0.4) is 0 Å². The molecule has 5 heteroatoms. The van der Waals surface area contributed by atoms with Crippen LogP contribution in [0.2, 0.25) is 19.6 Å². The molecule has 0 bridgehead atoms. The second-order valence-corrected chi connectivity index (χ2v) is 22.2. The van der Waals surface area contributed by atoms with Crippen molar-refractivity contribution in [2.24, 2.45) is 5.92 Å². The molecule has 1 fully saturated rings. The molecule has 291 valence electrons. The van der Waals surface area contributed by atoms with Gasteiger partial charge in [0.1, 0.15) is 5.58 Å². The average Bonchev–Trinajstić information content (AvgIpc) is 3.89. The van der Waals surface area contributed by atoms with Crippen LogP contribution in [0.4, 0.5) is 0 Å². The Kier molecular flexibility index (Phi) is 10.4. The van der Waals surface area contributed by atoms with Crippen LogP contribution < -0.4 is 5.19 Å². The number of pyridine rings is 2. The number of benzene rings is 4. The summed E-state index contributed by atoms with van der Waals surface area (Å²) in [6.45, 7) is 14.8. The largest absolute Gasteiger partial charge is 0.501 e. The summed E-state index contributed by atoms with van der Waals surface area (Å²) in [5.74, 6) is -0.621. The van der Waals surface area contributed by atoms with Crippen LogP contribution in [0.1, 0.15) is 96.7 Å². The molecule has 1 radical (unpaired) electrons. The van der Waals surface area contributed by atoms with Gasteiger partial charge < -0.3 is 14.4 Å². The fourth-order valence-corrected chi connectivity index (χ4v) is 8.76. The van der Waals surface area contributed by atoms with E-state index >= 15 is 0 Å². The topological polar surface area (TPSA) is 38.9 Å². The van der Waals surface area contributed by atoms with E-state index < -0.39 is 27.2 Å². The Hall–Kier alpha value is -4.15. The smallest absolute Gasteiger partial charge is 0.121 e. The molecule has 1 aliphatic carbocycles. The van der Waals surface area contributed by atoms with E-state index in [2.05, 4.69) is 75.7 Å². The summed E-state index contributed by atoms with van der Waals surface area (Å²) in [6, 6.07) is 35.8. The zero-order chi connectivity index (χ0) is 44.1. The van der Waals surface area contributed by atoms with Gasteiger partial charge in [-0.3, -0.25) is 0 Å². The van der Waals surface area contributed by atoms with Gasteiger partial charge in [0.2, 0.25) is 0 Å². The van der Waals surface area contributed by atoms with Crippen molar-refractivity contribution in [1.82, 2.24) is 9.97 Å². The van der Waals surface area contributed by atoms with Gasteiger partial charge in [-0.2, -0.15) is 0 Å². The first-order valence-electron chi connectivity index (χ1n) is 22.5. The van der Waals surface area contributed by atoms with E-state index in [1.54, 1.807) is 6.07 Å². The van der Waals surface area contributed by atoms with Gasteiger partial charge in [0.25, 0.3) is 0 Å². The predicted octanol–water partition coefficient (Wildman–Crippen LogP) is 13.7. The summed E-state index contributed by atoms with van der Waals surface area (Å²) in [7, 11) is -1.71. The van der Waals surface area contributed by atoms with Crippen LogP contribution in [0.15, 0.2) is 108 Å². The van der Waals surface area contributed by atoms with Gasteiger partial charge in [-0.05, 0) is 75.3 Å². The van der Waals surface area contributed by atoms with Crippen LogP contribution in [0.25, 0.3) is 55.6 Å². The van der Waals surface area contributed by atoms with Crippen LogP contribution in [0, 0.1) is 24.9 Å². The monoisotopic (exact) mass is 939 g/mol. The van der Waals surface area contributed by atoms with Crippen molar-refractivity contribution in [1.29, 1.82) is 0 Å². The first-order chi connectivity index (χ1) is 28.5. The molecule has 0 N–H and O–H groups in total. The van der Waals surface area contributed by atoms with Crippen LogP contribution in [0.5, 0.6) is 0 Å². The molecule has 0 aliphatic heterocycles. The average molecular weight is 939 g/mol. The summed E-state index contributed by atoms with van der Waals surface area (Å²) >= 11 is 0. The first-order valence-corrected chi connectivity index (χ1v) is 23.0. The van der Waals surface area contributed by atoms with Gasteiger partial charge in [0.15, 0.2) is 0 Å². The zero-order valence-corrected chi connectivity index (χ0v) is 37.3. The molecule has 4 aromatic carbocycles. The fraction of sp³-hybridized carbons (Fsp3) is 0.333. The molecule has 0 unspecified atom stereocenters. The third kappa shape index (κ3) is 9.18. The van der Waals surface area contributed by atoms with Crippen molar-refractivity contribution < 1.29 is 32.7 Å². The Morgan fingerprint density at radius 1 is 0.893 bits per heavy atom. The Bertz CT molecular complexity index is 2670. The van der Waals surface area contributed by atoms with Crippen LogP contribution >= 0.6 is 0 Å². The van der Waals surface area contributed by atoms with E-state index in [4.69, 9.17) is 17.6 Å². The third-order valence-electron chi connectivity index (χ3n) is 10.6. The molecule has 0 spiro atoms. The SMILES string of the molecule is [2H]C([2H])([2H])c1cnc(-c2[c-]ccc3c2oc2cc(C([2H])(C)C)ccc23)cc1-c1ccccc1.[2H]C([2H])(c1cc(-c2[c-]cc(C(C)(C)C)cc2)ncc1[Si](C)(C)C)C1CCCC1.[Ir]. The molecule has 7 aromatic rings. The van der Waals surface area contributed by atoms with Gasteiger partial charge >= 0.3 is 0 Å². The molecule has 3 heterocycles. The van der Waals surface area contributed by atoms with E-state index in [-0.39, 0.29) is 37.0 Å². The molecule has 0 amide bonds. The second kappa shape index (κ2) is 17.1. The first kappa shape index (κ1) is 33.9. The van der Waals surface area contributed by atoms with Crippen molar-refractivity contribution in [2.45, 2.75) is 104 Å². The molecule has 1 aliphatic rings. The van der Waals surface area contributed by atoms with Gasteiger partial charge in [0.05, 0.1) is 13.7 Å². The third-order valence-corrected chi connectivity index (χ3v) is 12.7. The van der Waals surface area contributed by atoms with Crippen LogP contribution in [-0.4, -0.2) is 18.0 Å². The number of nitrogens with zero attached hydrogens (tertiary/aromatic N) is 2. The van der Waals surface area contributed by atoms with Gasteiger partial charge in [-0.15, -0.1) is 53.6 Å². The molecule has 3 aromatic heterocycles. The Morgan fingerprint density at radius 3 is 2.30 bits per heavy atom. The van der Waals surface area contributed by atoms with Crippen molar-refractivity contribution >= 4 is 35.2 Å². The Labute approximate surface area is 358 Å². The molecular formula is C51H56IrN2OSi-2. The number of rotatable bonds is 7. The van der Waals surface area contributed by atoms with Crippen molar-refractivity contribution in [3.8, 4) is 33.6 Å². The zero-order valence-electron chi connectivity index (χ0n) is 39.9. The maximum atomic E-state index is 9.01. The van der Waals surface area contributed by atoms with E-state index in [1.165, 1.54) is 11.8 Å². The van der Waals surface area contributed by atoms with Gasteiger partial charge in [-0.1, -0.05) is 151 Å². The Morgan fingerprint density at radius 2 is 1.64 bits per heavy atom. The maximum absolute atomic E-state index is 9.01. The van der Waals surface area contributed by atoms with Crippen LogP contribution in [-0.2, 0) is 31.9 Å². The second-order valence-electron chi connectivity index (χ2n) is 17.1. The number of aromatic nitrogens is 2. The molecule has 56 heavy (non-hydrogen) atoms. The summed E-state index contributed by atoms with van der Waals surface area (Å²) < 4.78 is 56.5.